The van der Waals surface area contributed by atoms with Crippen LogP contribution in [0.4, 0.5) is 0 Å². The zero-order valence-electron chi connectivity index (χ0n) is 10.3. The van der Waals surface area contributed by atoms with Gasteiger partial charge in [-0.1, -0.05) is 0 Å². The molecule has 17 heavy (non-hydrogen) atoms. The van der Waals surface area contributed by atoms with Crippen LogP contribution in [-0.4, -0.2) is 32.4 Å². The molecule has 4 nitrogen and oxygen atoms in total. The molecular weight excluding hydrogens is 218 g/mol. The van der Waals surface area contributed by atoms with Gasteiger partial charge in [-0.15, -0.1) is 0 Å². The van der Waals surface area contributed by atoms with Gasteiger partial charge in [0.2, 0.25) is 0 Å². The molecule has 1 fully saturated rings. The van der Waals surface area contributed by atoms with E-state index in [2.05, 4.69) is 5.32 Å². The third-order valence-electron chi connectivity index (χ3n) is 3.26. The summed E-state index contributed by atoms with van der Waals surface area (Å²) in [4.78, 5) is 0. The number of methoxy groups -OCH3 is 2. The van der Waals surface area contributed by atoms with Gasteiger partial charge in [0.25, 0.3) is 0 Å². The molecule has 1 aliphatic heterocycles. The van der Waals surface area contributed by atoms with Crippen molar-refractivity contribution in [1.82, 2.24) is 5.32 Å². The van der Waals surface area contributed by atoms with E-state index in [-0.39, 0.29) is 5.75 Å². The molecular formula is C13H19NO3. The van der Waals surface area contributed by atoms with Crippen molar-refractivity contribution in [3.8, 4) is 17.2 Å². The highest BCUT2D eigenvalue weighted by molar-refractivity contribution is 5.50. The lowest BCUT2D eigenvalue weighted by Gasteiger charge is -2.14. The second-order valence-electron chi connectivity index (χ2n) is 4.40. The van der Waals surface area contributed by atoms with Crippen molar-refractivity contribution in [1.29, 1.82) is 0 Å². The van der Waals surface area contributed by atoms with Crippen LogP contribution in [-0.2, 0) is 6.42 Å². The molecule has 0 radical (unpaired) electrons. The number of benzene rings is 1. The molecule has 1 heterocycles. The first-order valence-electron chi connectivity index (χ1n) is 5.89. The zero-order valence-corrected chi connectivity index (χ0v) is 10.3. The molecule has 1 unspecified atom stereocenters. The number of rotatable bonds is 4. The lowest BCUT2D eigenvalue weighted by Crippen LogP contribution is -2.11. The first-order valence-corrected chi connectivity index (χ1v) is 5.89. The van der Waals surface area contributed by atoms with Crippen molar-refractivity contribution in [3.05, 3.63) is 17.7 Å². The second kappa shape index (κ2) is 5.27. The van der Waals surface area contributed by atoms with E-state index in [1.54, 1.807) is 20.3 Å². The SMILES string of the molecule is COc1cc(O)c(CC2CCNC2)cc1OC. The standard InChI is InChI=1S/C13H19NO3/c1-16-12-6-10(5-9-3-4-14-8-9)11(15)7-13(12)17-2/h6-7,9,14-15H,3-5,8H2,1-2H3. The number of phenolic OH excluding ortho intramolecular Hbond substituents is 1. The summed E-state index contributed by atoms with van der Waals surface area (Å²) in [7, 11) is 3.17. The van der Waals surface area contributed by atoms with E-state index in [1.165, 1.54) is 0 Å². The van der Waals surface area contributed by atoms with Gasteiger partial charge in [0.05, 0.1) is 14.2 Å². The van der Waals surface area contributed by atoms with Crippen molar-refractivity contribution >= 4 is 0 Å². The average Bonchev–Trinajstić information content (AvgIpc) is 2.84. The van der Waals surface area contributed by atoms with Crippen LogP contribution < -0.4 is 14.8 Å². The monoisotopic (exact) mass is 237 g/mol. The van der Waals surface area contributed by atoms with Crippen molar-refractivity contribution in [3.63, 3.8) is 0 Å². The van der Waals surface area contributed by atoms with Crippen LogP contribution in [0.15, 0.2) is 12.1 Å². The molecule has 1 aromatic carbocycles. The quantitative estimate of drug-likeness (QED) is 0.834. The van der Waals surface area contributed by atoms with Gasteiger partial charge in [0.15, 0.2) is 11.5 Å². The molecule has 2 rings (SSSR count). The lowest BCUT2D eigenvalue weighted by molar-refractivity contribution is 0.349. The van der Waals surface area contributed by atoms with Gasteiger partial charge in [0.1, 0.15) is 5.75 Å². The molecule has 0 saturated carbocycles. The molecule has 0 aliphatic carbocycles. The summed E-state index contributed by atoms with van der Waals surface area (Å²) in [6.07, 6.45) is 2.03. The highest BCUT2D eigenvalue weighted by atomic mass is 16.5. The number of phenols is 1. The Bertz CT molecular complexity index is 386. The topological polar surface area (TPSA) is 50.7 Å². The van der Waals surface area contributed by atoms with Crippen molar-refractivity contribution in [2.75, 3.05) is 27.3 Å². The van der Waals surface area contributed by atoms with Gasteiger partial charge < -0.3 is 19.9 Å². The maximum absolute atomic E-state index is 9.95. The Morgan fingerprint density at radius 3 is 2.59 bits per heavy atom. The molecule has 0 bridgehead atoms. The third kappa shape index (κ3) is 2.64. The van der Waals surface area contributed by atoms with E-state index in [1.807, 2.05) is 6.07 Å². The summed E-state index contributed by atoms with van der Waals surface area (Å²) < 4.78 is 10.4. The van der Waals surface area contributed by atoms with Gasteiger partial charge >= 0.3 is 0 Å². The van der Waals surface area contributed by atoms with Crippen molar-refractivity contribution < 1.29 is 14.6 Å². The van der Waals surface area contributed by atoms with Crippen LogP contribution >= 0.6 is 0 Å². The highest BCUT2D eigenvalue weighted by Gasteiger charge is 2.18. The summed E-state index contributed by atoms with van der Waals surface area (Å²) in [6.45, 7) is 2.09. The molecule has 2 N–H and O–H groups in total. The Morgan fingerprint density at radius 1 is 1.29 bits per heavy atom. The minimum absolute atomic E-state index is 0.287. The maximum Gasteiger partial charge on any atom is 0.164 e. The fourth-order valence-electron chi connectivity index (χ4n) is 2.27. The molecule has 94 valence electrons. The average molecular weight is 237 g/mol. The summed E-state index contributed by atoms with van der Waals surface area (Å²) in [5, 5.41) is 13.3. The first kappa shape index (κ1) is 12.0. The largest absolute Gasteiger partial charge is 0.508 e. The van der Waals surface area contributed by atoms with Crippen LogP contribution in [0.5, 0.6) is 17.2 Å². The Balaban J connectivity index is 2.20. The molecule has 1 saturated heterocycles. The maximum atomic E-state index is 9.95. The summed E-state index contributed by atoms with van der Waals surface area (Å²) in [6, 6.07) is 3.49. The molecule has 1 aromatic rings. The third-order valence-corrected chi connectivity index (χ3v) is 3.26. The van der Waals surface area contributed by atoms with Gasteiger partial charge in [-0.05, 0) is 43.5 Å². The lowest BCUT2D eigenvalue weighted by atomic mass is 9.97. The minimum Gasteiger partial charge on any atom is -0.508 e. The molecule has 1 atom stereocenters. The normalized spacial score (nSPS) is 19.3. The van der Waals surface area contributed by atoms with Crippen LogP contribution in [0, 0.1) is 5.92 Å². The van der Waals surface area contributed by atoms with Crippen molar-refractivity contribution in [2.45, 2.75) is 12.8 Å². The van der Waals surface area contributed by atoms with E-state index in [0.717, 1.165) is 31.5 Å². The van der Waals surface area contributed by atoms with Gasteiger partial charge in [-0.2, -0.15) is 0 Å². The highest BCUT2D eigenvalue weighted by Crippen LogP contribution is 2.35. The number of ether oxygens (including phenoxy) is 2. The van der Waals surface area contributed by atoms with Gasteiger partial charge in [0, 0.05) is 6.07 Å². The van der Waals surface area contributed by atoms with Crippen molar-refractivity contribution in [2.24, 2.45) is 5.92 Å². The number of nitrogens with one attached hydrogen (secondary N) is 1. The Morgan fingerprint density at radius 2 is 2.00 bits per heavy atom. The Labute approximate surface area is 102 Å². The summed E-state index contributed by atoms with van der Waals surface area (Å²) in [5.74, 6) is 2.12. The first-order chi connectivity index (χ1) is 8.24. The Hall–Kier alpha value is -1.42. The summed E-state index contributed by atoms with van der Waals surface area (Å²) >= 11 is 0. The van der Waals surface area contributed by atoms with Crippen LogP contribution in [0.25, 0.3) is 0 Å². The van der Waals surface area contributed by atoms with Gasteiger partial charge in [-0.3, -0.25) is 0 Å². The fraction of sp³-hybridized carbons (Fsp3) is 0.538. The molecule has 4 heteroatoms. The minimum atomic E-state index is 0.287. The fourth-order valence-corrected chi connectivity index (χ4v) is 2.27. The molecule has 0 amide bonds. The number of hydrogen-bond acceptors (Lipinski definition) is 4. The Kier molecular flexibility index (Phi) is 3.74. The molecule has 1 aliphatic rings. The van der Waals surface area contributed by atoms with E-state index >= 15 is 0 Å². The second-order valence-corrected chi connectivity index (χ2v) is 4.40. The predicted octanol–water partition coefficient (Wildman–Crippen LogP) is 1.56. The van der Waals surface area contributed by atoms with Crippen LogP contribution in [0.2, 0.25) is 0 Å². The van der Waals surface area contributed by atoms with Gasteiger partial charge in [-0.25, -0.2) is 0 Å². The number of hydrogen-bond donors (Lipinski definition) is 2. The zero-order chi connectivity index (χ0) is 12.3. The van der Waals surface area contributed by atoms with Crippen LogP contribution in [0.3, 0.4) is 0 Å². The van der Waals surface area contributed by atoms with E-state index in [9.17, 15) is 5.11 Å². The molecule has 0 spiro atoms. The van der Waals surface area contributed by atoms with E-state index in [4.69, 9.17) is 9.47 Å². The van der Waals surface area contributed by atoms with E-state index in [0.29, 0.717) is 17.4 Å². The number of aromatic hydroxyl groups is 1. The van der Waals surface area contributed by atoms with E-state index < -0.39 is 0 Å². The summed E-state index contributed by atoms with van der Waals surface area (Å²) in [5.41, 5.74) is 0.927. The molecule has 0 aromatic heterocycles. The smallest absolute Gasteiger partial charge is 0.164 e. The predicted molar refractivity (Wildman–Crippen MR) is 65.9 cm³/mol. The van der Waals surface area contributed by atoms with Crippen LogP contribution in [0.1, 0.15) is 12.0 Å².